The highest BCUT2D eigenvalue weighted by Crippen LogP contribution is 2.28. The Kier molecular flexibility index (Phi) is 4.35. The standard InChI is InChI=1S/C10H6ClF4NO3/c11-4-2-1-3-5(6(4)7(17)18)16-9(19)10(14,15)8(12)13/h1-3,8H,(H,16,19)(H,17,18). The number of rotatable bonds is 4. The predicted octanol–water partition coefficient (Wildman–Crippen LogP) is 2.88. The maximum atomic E-state index is 12.7. The van der Waals surface area contributed by atoms with Crippen LogP contribution in [0.25, 0.3) is 0 Å². The van der Waals surface area contributed by atoms with Crippen molar-refractivity contribution in [2.24, 2.45) is 0 Å². The molecule has 1 amide bonds. The Hall–Kier alpha value is -1.83. The summed E-state index contributed by atoms with van der Waals surface area (Å²) in [6.45, 7) is 0. The van der Waals surface area contributed by atoms with Crippen LogP contribution < -0.4 is 5.32 Å². The van der Waals surface area contributed by atoms with E-state index in [1.54, 1.807) is 0 Å². The van der Waals surface area contributed by atoms with Gasteiger partial charge in [-0.25, -0.2) is 13.6 Å². The van der Waals surface area contributed by atoms with Crippen LogP contribution in [-0.2, 0) is 4.79 Å². The summed E-state index contributed by atoms with van der Waals surface area (Å²) in [5.74, 6) is -8.84. The Balaban J connectivity index is 3.11. The molecule has 0 spiro atoms. The van der Waals surface area contributed by atoms with Gasteiger partial charge in [0.05, 0.1) is 10.7 Å². The van der Waals surface area contributed by atoms with E-state index in [1.807, 2.05) is 0 Å². The van der Waals surface area contributed by atoms with Gasteiger partial charge in [-0.3, -0.25) is 4.79 Å². The van der Waals surface area contributed by atoms with Crippen molar-refractivity contribution in [3.8, 4) is 0 Å². The van der Waals surface area contributed by atoms with Crippen LogP contribution in [0.15, 0.2) is 18.2 Å². The van der Waals surface area contributed by atoms with Crippen LogP contribution >= 0.6 is 11.6 Å². The monoisotopic (exact) mass is 299 g/mol. The number of benzene rings is 1. The van der Waals surface area contributed by atoms with E-state index in [0.717, 1.165) is 12.1 Å². The van der Waals surface area contributed by atoms with Crippen LogP contribution in [0.1, 0.15) is 10.4 Å². The van der Waals surface area contributed by atoms with Gasteiger partial charge in [0.1, 0.15) is 5.56 Å². The number of carbonyl (C=O) groups is 2. The highest BCUT2D eigenvalue weighted by Gasteiger charge is 2.49. The molecule has 0 unspecified atom stereocenters. The van der Waals surface area contributed by atoms with Gasteiger partial charge in [-0.1, -0.05) is 17.7 Å². The van der Waals surface area contributed by atoms with Gasteiger partial charge in [-0.2, -0.15) is 8.78 Å². The summed E-state index contributed by atoms with van der Waals surface area (Å²) in [6.07, 6.45) is -4.21. The first kappa shape index (κ1) is 15.2. The SMILES string of the molecule is O=C(O)c1c(Cl)cccc1NC(=O)C(F)(F)C(F)F. The molecule has 4 nitrogen and oxygen atoms in total. The minimum absolute atomic E-state index is 0.328. The topological polar surface area (TPSA) is 66.4 Å². The van der Waals surface area contributed by atoms with E-state index in [1.165, 1.54) is 11.4 Å². The van der Waals surface area contributed by atoms with E-state index in [9.17, 15) is 27.2 Å². The fourth-order valence-corrected chi connectivity index (χ4v) is 1.41. The van der Waals surface area contributed by atoms with Gasteiger partial charge in [0, 0.05) is 0 Å². The van der Waals surface area contributed by atoms with Crippen LogP contribution in [-0.4, -0.2) is 29.3 Å². The van der Waals surface area contributed by atoms with Crippen LogP contribution in [0.3, 0.4) is 0 Å². The second-order valence-electron chi connectivity index (χ2n) is 3.35. The van der Waals surface area contributed by atoms with Gasteiger partial charge in [-0.15, -0.1) is 0 Å². The summed E-state index contributed by atoms with van der Waals surface area (Å²) in [4.78, 5) is 21.8. The lowest BCUT2D eigenvalue weighted by Gasteiger charge is -2.16. The van der Waals surface area contributed by atoms with Crippen molar-refractivity contribution in [3.63, 3.8) is 0 Å². The number of anilines is 1. The fraction of sp³-hybridized carbons (Fsp3) is 0.200. The fourth-order valence-electron chi connectivity index (χ4n) is 1.15. The largest absolute Gasteiger partial charge is 0.478 e. The number of hydrogen-bond acceptors (Lipinski definition) is 2. The van der Waals surface area contributed by atoms with E-state index in [2.05, 4.69) is 0 Å². The Morgan fingerprint density at radius 3 is 2.37 bits per heavy atom. The molecular weight excluding hydrogens is 294 g/mol. The minimum atomic E-state index is -4.93. The Labute approximate surface area is 109 Å². The molecule has 1 rings (SSSR count). The number of nitrogens with one attached hydrogen (secondary N) is 1. The van der Waals surface area contributed by atoms with Crippen molar-refractivity contribution in [2.45, 2.75) is 12.3 Å². The van der Waals surface area contributed by atoms with Crippen molar-refractivity contribution in [1.82, 2.24) is 0 Å². The van der Waals surface area contributed by atoms with E-state index < -0.39 is 35.5 Å². The molecule has 0 aromatic heterocycles. The van der Waals surface area contributed by atoms with Crippen molar-refractivity contribution in [2.75, 3.05) is 5.32 Å². The number of aromatic carboxylic acids is 1. The summed E-state index contributed by atoms with van der Waals surface area (Å²) in [5.41, 5.74) is -1.26. The van der Waals surface area contributed by atoms with Crippen molar-refractivity contribution in [1.29, 1.82) is 0 Å². The van der Waals surface area contributed by atoms with Gasteiger partial charge in [-0.05, 0) is 12.1 Å². The van der Waals surface area contributed by atoms with E-state index in [4.69, 9.17) is 16.7 Å². The molecule has 0 atom stereocenters. The molecule has 19 heavy (non-hydrogen) atoms. The maximum Gasteiger partial charge on any atom is 0.383 e. The third kappa shape index (κ3) is 3.14. The second-order valence-corrected chi connectivity index (χ2v) is 3.75. The quantitative estimate of drug-likeness (QED) is 0.840. The molecule has 0 bridgehead atoms. The average molecular weight is 300 g/mol. The molecule has 2 N–H and O–H groups in total. The van der Waals surface area contributed by atoms with Gasteiger partial charge >= 0.3 is 24.2 Å². The zero-order chi connectivity index (χ0) is 14.8. The van der Waals surface area contributed by atoms with Gasteiger partial charge in [0.15, 0.2) is 0 Å². The van der Waals surface area contributed by atoms with Crippen molar-refractivity contribution in [3.05, 3.63) is 28.8 Å². The summed E-state index contributed by atoms with van der Waals surface area (Å²) in [5, 5.41) is 9.89. The molecule has 0 heterocycles. The first-order valence-corrected chi connectivity index (χ1v) is 5.05. The smallest absolute Gasteiger partial charge is 0.383 e. The number of carboxylic acid groups (broad SMARTS) is 1. The number of carbonyl (C=O) groups excluding carboxylic acids is 1. The molecular formula is C10H6ClF4NO3. The first-order chi connectivity index (χ1) is 8.67. The Bertz CT molecular complexity index is 521. The van der Waals surface area contributed by atoms with E-state index in [0.29, 0.717) is 0 Å². The molecule has 0 aliphatic heterocycles. The average Bonchev–Trinajstić information content (AvgIpc) is 2.27. The zero-order valence-electron chi connectivity index (χ0n) is 8.96. The Morgan fingerprint density at radius 1 is 1.32 bits per heavy atom. The molecule has 104 valence electrons. The summed E-state index contributed by atoms with van der Waals surface area (Å²) >= 11 is 5.52. The van der Waals surface area contributed by atoms with Crippen LogP contribution in [0.2, 0.25) is 5.02 Å². The minimum Gasteiger partial charge on any atom is -0.478 e. The molecule has 0 radical (unpaired) electrons. The normalized spacial score (nSPS) is 11.5. The van der Waals surface area contributed by atoms with E-state index in [-0.39, 0.29) is 5.02 Å². The second kappa shape index (κ2) is 5.43. The van der Waals surface area contributed by atoms with Gasteiger partial charge < -0.3 is 10.4 Å². The number of halogens is 5. The summed E-state index contributed by atoms with van der Waals surface area (Å²) < 4.78 is 49.3. The van der Waals surface area contributed by atoms with Crippen LogP contribution in [0, 0.1) is 0 Å². The zero-order valence-corrected chi connectivity index (χ0v) is 9.72. The molecule has 1 aromatic rings. The van der Waals surface area contributed by atoms with Crippen LogP contribution in [0.4, 0.5) is 23.2 Å². The molecule has 0 aliphatic rings. The highest BCUT2D eigenvalue weighted by atomic mass is 35.5. The van der Waals surface area contributed by atoms with Gasteiger partial charge in [0.25, 0.3) is 0 Å². The molecule has 0 saturated heterocycles. The third-order valence-electron chi connectivity index (χ3n) is 2.05. The van der Waals surface area contributed by atoms with Crippen molar-refractivity contribution >= 4 is 29.2 Å². The molecule has 9 heteroatoms. The van der Waals surface area contributed by atoms with Crippen LogP contribution in [0.5, 0.6) is 0 Å². The lowest BCUT2D eigenvalue weighted by Crippen LogP contribution is -2.41. The lowest BCUT2D eigenvalue weighted by molar-refractivity contribution is -0.163. The Morgan fingerprint density at radius 2 is 1.89 bits per heavy atom. The summed E-state index contributed by atoms with van der Waals surface area (Å²) in [7, 11) is 0. The molecule has 1 aromatic carbocycles. The van der Waals surface area contributed by atoms with E-state index >= 15 is 0 Å². The summed E-state index contributed by atoms with van der Waals surface area (Å²) in [6, 6.07) is 3.27. The third-order valence-corrected chi connectivity index (χ3v) is 2.37. The lowest BCUT2D eigenvalue weighted by atomic mass is 10.1. The maximum absolute atomic E-state index is 12.7. The number of amides is 1. The molecule has 0 fully saturated rings. The highest BCUT2D eigenvalue weighted by molar-refractivity contribution is 6.34. The molecule has 0 aliphatic carbocycles. The predicted molar refractivity (Wildman–Crippen MR) is 58.0 cm³/mol. The number of carboxylic acids is 1. The first-order valence-electron chi connectivity index (χ1n) is 4.67. The van der Waals surface area contributed by atoms with Gasteiger partial charge in [0.2, 0.25) is 0 Å². The number of alkyl halides is 4. The van der Waals surface area contributed by atoms with Crippen molar-refractivity contribution < 1.29 is 32.3 Å². The molecule has 0 saturated carbocycles. The number of hydrogen-bond donors (Lipinski definition) is 2.